The number of nitrogens with one attached hydrogen (secondary N) is 1. The van der Waals surface area contributed by atoms with Crippen molar-refractivity contribution in [2.45, 2.75) is 18.3 Å². The van der Waals surface area contributed by atoms with Gasteiger partial charge in [-0.2, -0.15) is 4.98 Å². The van der Waals surface area contributed by atoms with Crippen LogP contribution in [-0.2, 0) is 10.2 Å². The molecule has 0 atom stereocenters. The highest BCUT2D eigenvalue weighted by Gasteiger charge is 2.51. The first kappa shape index (κ1) is 15.6. The summed E-state index contributed by atoms with van der Waals surface area (Å²) in [4.78, 5) is 16.9. The van der Waals surface area contributed by atoms with Crippen molar-refractivity contribution in [3.8, 4) is 11.8 Å². The average Bonchev–Trinajstić information content (AvgIpc) is 3.37. The van der Waals surface area contributed by atoms with Gasteiger partial charge in [-0.25, -0.2) is 0 Å². The Hall–Kier alpha value is -2.27. The topological polar surface area (TPSA) is 60.5 Å². The number of methoxy groups -OCH3 is 2. The van der Waals surface area contributed by atoms with Gasteiger partial charge >= 0.3 is 0 Å². The zero-order valence-electron chi connectivity index (χ0n) is 12.9. The van der Waals surface area contributed by atoms with Crippen LogP contribution in [0.25, 0.3) is 0 Å². The number of hydrogen-bond acceptors (Lipinski definition) is 4. The Balaban J connectivity index is 1.83. The Morgan fingerprint density at radius 3 is 2.39 bits per heavy atom. The van der Waals surface area contributed by atoms with Crippen molar-refractivity contribution in [2.75, 3.05) is 19.5 Å². The van der Waals surface area contributed by atoms with Crippen molar-refractivity contribution in [2.24, 2.45) is 0 Å². The Bertz CT molecular complexity index is 727. The van der Waals surface area contributed by atoms with Crippen LogP contribution in [0.5, 0.6) is 11.8 Å². The summed E-state index contributed by atoms with van der Waals surface area (Å²) in [6.45, 7) is 0. The maximum Gasteiger partial charge on any atom is 0.240 e. The summed E-state index contributed by atoms with van der Waals surface area (Å²) < 4.78 is 10.3. The molecule has 120 valence electrons. The van der Waals surface area contributed by atoms with Gasteiger partial charge in [0.2, 0.25) is 17.7 Å². The molecule has 0 bridgehead atoms. The highest BCUT2D eigenvalue weighted by molar-refractivity contribution is 6.30. The molecule has 0 radical (unpaired) electrons. The van der Waals surface area contributed by atoms with E-state index in [1.807, 2.05) is 12.1 Å². The molecule has 23 heavy (non-hydrogen) atoms. The molecule has 0 saturated heterocycles. The van der Waals surface area contributed by atoms with Crippen molar-refractivity contribution in [3.05, 3.63) is 47.0 Å². The number of rotatable bonds is 5. The summed E-state index contributed by atoms with van der Waals surface area (Å²) in [6.07, 6.45) is 1.62. The van der Waals surface area contributed by atoms with E-state index in [-0.39, 0.29) is 5.91 Å². The van der Waals surface area contributed by atoms with E-state index in [1.54, 1.807) is 24.3 Å². The van der Waals surface area contributed by atoms with E-state index in [0.717, 1.165) is 18.4 Å². The molecule has 1 amide bonds. The first-order valence-electron chi connectivity index (χ1n) is 7.25. The number of ether oxygens (including phenoxy) is 2. The summed E-state index contributed by atoms with van der Waals surface area (Å²) in [6, 6.07) is 10.8. The summed E-state index contributed by atoms with van der Waals surface area (Å²) in [5.41, 5.74) is 1.01. The maximum atomic E-state index is 12.7. The molecule has 1 N–H and O–H groups in total. The minimum absolute atomic E-state index is 0.0647. The van der Waals surface area contributed by atoms with Crippen LogP contribution in [0.4, 0.5) is 5.69 Å². The Kier molecular flexibility index (Phi) is 4.13. The lowest BCUT2D eigenvalue weighted by Crippen LogP contribution is -2.28. The lowest BCUT2D eigenvalue weighted by Gasteiger charge is -2.17. The highest BCUT2D eigenvalue weighted by Crippen LogP contribution is 2.49. The number of hydrogen-bond donors (Lipinski definition) is 1. The van der Waals surface area contributed by atoms with Crippen LogP contribution in [0.15, 0.2) is 36.4 Å². The van der Waals surface area contributed by atoms with E-state index in [2.05, 4.69) is 10.3 Å². The fourth-order valence-electron chi connectivity index (χ4n) is 2.57. The highest BCUT2D eigenvalue weighted by atomic mass is 35.5. The number of pyridine rings is 1. The number of carbonyl (C=O) groups is 1. The third-order valence-electron chi connectivity index (χ3n) is 4.07. The molecule has 1 fully saturated rings. The van der Waals surface area contributed by atoms with Crippen LogP contribution in [0.3, 0.4) is 0 Å². The van der Waals surface area contributed by atoms with Crippen molar-refractivity contribution in [1.82, 2.24) is 4.98 Å². The number of anilines is 1. The van der Waals surface area contributed by atoms with Crippen molar-refractivity contribution in [1.29, 1.82) is 0 Å². The number of carbonyl (C=O) groups excluding carboxylic acids is 1. The zero-order valence-corrected chi connectivity index (χ0v) is 13.7. The maximum absolute atomic E-state index is 12.7. The number of nitrogens with zero attached hydrogens (tertiary/aromatic N) is 1. The molecule has 1 heterocycles. The van der Waals surface area contributed by atoms with Gasteiger partial charge in [0.05, 0.1) is 19.6 Å². The van der Waals surface area contributed by atoms with Crippen LogP contribution in [0.1, 0.15) is 18.4 Å². The quantitative estimate of drug-likeness (QED) is 0.911. The summed E-state index contributed by atoms with van der Waals surface area (Å²) in [5, 5.41) is 3.57. The Morgan fingerprint density at radius 2 is 1.83 bits per heavy atom. The van der Waals surface area contributed by atoms with E-state index < -0.39 is 5.41 Å². The molecule has 0 spiro atoms. The monoisotopic (exact) mass is 332 g/mol. The van der Waals surface area contributed by atoms with Crippen molar-refractivity contribution < 1.29 is 14.3 Å². The first-order chi connectivity index (χ1) is 11.1. The molecule has 1 aromatic heterocycles. The number of benzene rings is 1. The Morgan fingerprint density at radius 1 is 1.13 bits per heavy atom. The molecular formula is C17H17ClN2O3. The number of aromatic nitrogens is 1. The number of halogens is 1. The van der Waals surface area contributed by atoms with E-state index in [4.69, 9.17) is 21.1 Å². The van der Waals surface area contributed by atoms with E-state index >= 15 is 0 Å². The van der Waals surface area contributed by atoms with Gasteiger partial charge in [-0.1, -0.05) is 23.7 Å². The largest absolute Gasteiger partial charge is 0.481 e. The summed E-state index contributed by atoms with van der Waals surface area (Å²) in [7, 11) is 3.03. The molecule has 1 aromatic carbocycles. The zero-order chi connectivity index (χ0) is 16.4. The second kappa shape index (κ2) is 6.08. The van der Waals surface area contributed by atoms with Crippen LogP contribution in [0, 0.1) is 0 Å². The van der Waals surface area contributed by atoms with Gasteiger partial charge in [-0.15, -0.1) is 0 Å². The molecule has 1 aliphatic rings. The van der Waals surface area contributed by atoms with Gasteiger partial charge in [0.25, 0.3) is 0 Å². The standard InChI is InChI=1S/C17H17ClN2O3/c1-22-14-8-7-13(15(20-14)23-2)19-16(21)17(9-10-17)11-3-5-12(18)6-4-11/h3-8H,9-10H2,1-2H3,(H,19,21). The molecule has 2 aromatic rings. The Labute approximate surface area is 139 Å². The molecule has 0 unspecified atom stereocenters. The van der Waals surface area contributed by atoms with Gasteiger partial charge in [0.1, 0.15) is 5.69 Å². The molecule has 6 heteroatoms. The minimum Gasteiger partial charge on any atom is -0.481 e. The van der Waals surface area contributed by atoms with Crippen LogP contribution in [-0.4, -0.2) is 25.1 Å². The fraction of sp³-hybridized carbons (Fsp3) is 0.294. The van der Waals surface area contributed by atoms with Crippen molar-refractivity contribution >= 4 is 23.2 Å². The van der Waals surface area contributed by atoms with Gasteiger partial charge in [-0.3, -0.25) is 4.79 Å². The molecule has 1 aliphatic carbocycles. The van der Waals surface area contributed by atoms with E-state index in [1.165, 1.54) is 14.2 Å². The predicted molar refractivity (Wildman–Crippen MR) is 88.3 cm³/mol. The van der Waals surface area contributed by atoms with E-state index in [0.29, 0.717) is 22.5 Å². The smallest absolute Gasteiger partial charge is 0.240 e. The van der Waals surface area contributed by atoms with Crippen molar-refractivity contribution in [3.63, 3.8) is 0 Å². The van der Waals surface area contributed by atoms with Gasteiger partial charge in [0.15, 0.2) is 0 Å². The molecule has 3 rings (SSSR count). The fourth-order valence-corrected chi connectivity index (χ4v) is 2.70. The van der Waals surface area contributed by atoms with Gasteiger partial charge in [0, 0.05) is 11.1 Å². The number of amides is 1. The van der Waals surface area contributed by atoms with Gasteiger partial charge < -0.3 is 14.8 Å². The minimum atomic E-state index is -0.491. The van der Waals surface area contributed by atoms with Crippen LogP contribution in [0.2, 0.25) is 5.02 Å². The second-order valence-corrected chi connectivity index (χ2v) is 5.89. The molecular weight excluding hydrogens is 316 g/mol. The summed E-state index contributed by atoms with van der Waals surface area (Å²) in [5.74, 6) is 0.688. The lowest BCUT2D eigenvalue weighted by atomic mass is 9.95. The summed E-state index contributed by atoms with van der Waals surface area (Å²) >= 11 is 5.92. The average molecular weight is 333 g/mol. The SMILES string of the molecule is COc1ccc(NC(=O)C2(c3ccc(Cl)cc3)CC2)c(OC)n1. The predicted octanol–water partition coefficient (Wildman–Crippen LogP) is 3.42. The third-order valence-corrected chi connectivity index (χ3v) is 4.32. The molecule has 5 nitrogen and oxygen atoms in total. The van der Waals surface area contributed by atoms with Crippen LogP contribution >= 0.6 is 11.6 Å². The normalized spacial score (nSPS) is 14.9. The lowest BCUT2D eigenvalue weighted by molar-refractivity contribution is -0.118. The first-order valence-corrected chi connectivity index (χ1v) is 7.63. The molecule has 0 aliphatic heterocycles. The third kappa shape index (κ3) is 2.97. The van der Waals surface area contributed by atoms with Crippen LogP contribution < -0.4 is 14.8 Å². The van der Waals surface area contributed by atoms with E-state index in [9.17, 15) is 4.79 Å². The second-order valence-electron chi connectivity index (χ2n) is 5.45. The molecule has 1 saturated carbocycles. The van der Waals surface area contributed by atoms with Gasteiger partial charge in [-0.05, 0) is 36.6 Å².